The number of hydrogen-bond donors (Lipinski definition) is 1. The third-order valence-electron chi connectivity index (χ3n) is 5.74. The molecule has 3 heteroatoms. The molecule has 0 spiro atoms. The first-order chi connectivity index (χ1) is 9.22. The van der Waals surface area contributed by atoms with E-state index in [0.717, 1.165) is 43.8 Å². The lowest BCUT2D eigenvalue weighted by molar-refractivity contribution is -0.131. The van der Waals surface area contributed by atoms with Gasteiger partial charge in [-0.15, -0.1) is 0 Å². The molecular weight excluding hydrogens is 236 g/mol. The molecule has 3 unspecified atom stereocenters. The summed E-state index contributed by atoms with van der Waals surface area (Å²) in [7, 11) is 2.02. The Bertz CT molecular complexity index is 325. The van der Waals surface area contributed by atoms with Gasteiger partial charge < -0.3 is 10.2 Å². The van der Waals surface area contributed by atoms with E-state index in [1.807, 2.05) is 11.9 Å². The summed E-state index contributed by atoms with van der Waals surface area (Å²) in [6, 6.07) is 0. The van der Waals surface area contributed by atoms with Crippen molar-refractivity contribution in [1.29, 1.82) is 0 Å². The van der Waals surface area contributed by atoms with E-state index in [4.69, 9.17) is 0 Å². The van der Waals surface area contributed by atoms with E-state index in [0.29, 0.717) is 11.8 Å². The van der Waals surface area contributed by atoms with E-state index in [-0.39, 0.29) is 0 Å². The molecule has 2 aliphatic carbocycles. The molecule has 3 fully saturated rings. The second-order valence-electron chi connectivity index (χ2n) is 7.11. The van der Waals surface area contributed by atoms with E-state index < -0.39 is 0 Å². The Kier molecular flexibility index (Phi) is 4.11. The normalized spacial score (nSPS) is 34.7. The molecule has 2 bridgehead atoms. The van der Waals surface area contributed by atoms with E-state index in [1.54, 1.807) is 0 Å². The molecule has 1 heterocycles. The van der Waals surface area contributed by atoms with Crippen LogP contribution in [0.4, 0.5) is 0 Å². The largest absolute Gasteiger partial charge is 0.345 e. The van der Waals surface area contributed by atoms with Crippen LogP contribution in [0, 0.1) is 23.7 Å². The van der Waals surface area contributed by atoms with Gasteiger partial charge in [-0.2, -0.15) is 0 Å². The van der Waals surface area contributed by atoms with Crippen molar-refractivity contribution in [1.82, 2.24) is 10.2 Å². The van der Waals surface area contributed by atoms with E-state index in [1.165, 1.54) is 38.5 Å². The van der Waals surface area contributed by atoms with Crippen molar-refractivity contribution in [3.8, 4) is 0 Å². The maximum Gasteiger partial charge on any atom is 0.222 e. The fraction of sp³-hybridized carbons (Fsp3) is 0.938. The van der Waals surface area contributed by atoms with Gasteiger partial charge in [0.25, 0.3) is 0 Å². The lowest BCUT2D eigenvalue weighted by Gasteiger charge is -2.29. The Morgan fingerprint density at radius 1 is 1.16 bits per heavy atom. The standard InChI is InChI=1S/C16H28N2O/c1-18(11-15-9-13-2-3-14(15)8-13)16(19)10-12-4-6-17-7-5-12/h12-15,17H,2-11H2,1H3. The van der Waals surface area contributed by atoms with Gasteiger partial charge in [0, 0.05) is 20.0 Å². The average molecular weight is 264 g/mol. The maximum atomic E-state index is 12.3. The first kappa shape index (κ1) is 13.4. The molecule has 0 aromatic carbocycles. The molecule has 108 valence electrons. The molecule has 19 heavy (non-hydrogen) atoms. The van der Waals surface area contributed by atoms with Crippen molar-refractivity contribution in [3.05, 3.63) is 0 Å². The SMILES string of the molecule is CN(CC1CC2CCC1C2)C(=O)CC1CCNCC1. The predicted molar refractivity (Wildman–Crippen MR) is 76.8 cm³/mol. The molecule has 1 amide bonds. The topological polar surface area (TPSA) is 32.3 Å². The summed E-state index contributed by atoms with van der Waals surface area (Å²) < 4.78 is 0. The van der Waals surface area contributed by atoms with Gasteiger partial charge in [0.1, 0.15) is 0 Å². The predicted octanol–water partition coefficient (Wildman–Crippen LogP) is 2.27. The van der Waals surface area contributed by atoms with Gasteiger partial charge in [0.05, 0.1) is 0 Å². The lowest BCUT2D eigenvalue weighted by atomic mass is 9.88. The van der Waals surface area contributed by atoms with Crippen LogP contribution in [0.1, 0.15) is 44.9 Å². The maximum absolute atomic E-state index is 12.3. The van der Waals surface area contributed by atoms with Gasteiger partial charge >= 0.3 is 0 Å². The summed E-state index contributed by atoms with van der Waals surface area (Å²) in [5.41, 5.74) is 0. The monoisotopic (exact) mass is 264 g/mol. The summed E-state index contributed by atoms with van der Waals surface area (Å²) in [5.74, 6) is 3.73. The molecule has 3 nitrogen and oxygen atoms in total. The van der Waals surface area contributed by atoms with Gasteiger partial charge in [-0.05, 0) is 68.9 Å². The fourth-order valence-corrected chi connectivity index (χ4v) is 4.54. The minimum absolute atomic E-state index is 0.384. The van der Waals surface area contributed by atoms with Crippen LogP contribution in [-0.2, 0) is 4.79 Å². The molecule has 1 aliphatic heterocycles. The highest BCUT2D eigenvalue weighted by atomic mass is 16.2. The third-order valence-corrected chi connectivity index (χ3v) is 5.74. The van der Waals surface area contributed by atoms with E-state index >= 15 is 0 Å². The molecule has 0 radical (unpaired) electrons. The van der Waals surface area contributed by atoms with Crippen molar-refractivity contribution in [3.63, 3.8) is 0 Å². The van der Waals surface area contributed by atoms with Gasteiger partial charge in [-0.25, -0.2) is 0 Å². The molecular formula is C16H28N2O. The molecule has 0 aromatic rings. The Morgan fingerprint density at radius 3 is 2.58 bits per heavy atom. The second kappa shape index (κ2) is 5.82. The highest BCUT2D eigenvalue weighted by molar-refractivity contribution is 5.76. The Labute approximate surface area is 117 Å². The summed E-state index contributed by atoms with van der Waals surface area (Å²) in [6.45, 7) is 3.20. The Morgan fingerprint density at radius 2 is 1.95 bits per heavy atom. The first-order valence-electron chi connectivity index (χ1n) is 8.17. The number of nitrogens with one attached hydrogen (secondary N) is 1. The fourth-order valence-electron chi connectivity index (χ4n) is 4.54. The first-order valence-corrected chi connectivity index (χ1v) is 8.17. The Hall–Kier alpha value is -0.570. The number of piperidine rings is 1. The third kappa shape index (κ3) is 3.13. The zero-order valence-corrected chi connectivity index (χ0v) is 12.2. The van der Waals surface area contributed by atoms with Crippen LogP contribution in [0.15, 0.2) is 0 Å². The number of hydrogen-bond acceptors (Lipinski definition) is 2. The van der Waals surface area contributed by atoms with Crippen LogP contribution in [0.3, 0.4) is 0 Å². The lowest BCUT2D eigenvalue weighted by Crippen LogP contribution is -2.36. The summed E-state index contributed by atoms with van der Waals surface area (Å²) >= 11 is 0. The van der Waals surface area contributed by atoms with Crippen molar-refractivity contribution < 1.29 is 4.79 Å². The number of carbonyl (C=O) groups excluding carboxylic acids is 1. The minimum Gasteiger partial charge on any atom is -0.345 e. The van der Waals surface area contributed by atoms with Crippen LogP contribution in [0.25, 0.3) is 0 Å². The summed E-state index contributed by atoms with van der Waals surface area (Å²) in [4.78, 5) is 14.3. The molecule has 1 N–H and O–H groups in total. The van der Waals surface area contributed by atoms with Crippen LogP contribution in [0.5, 0.6) is 0 Å². The average Bonchev–Trinajstić information content (AvgIpc) is 3.02. The van der Waals surface area contributed by atoms with Crippen LogP contribution in [-0.4, -0.2) is 37.5 Å². The number of nitrogens with zero attached hydrogens (tertiary/aromatic N) is 1. The van der Waals surface area contributed by atoms with Crippen molar-refractivity contribution >= 4 is 5.91 Å². The minimum atomic E-state index is 0.384. The second-order valence-corrected chi connectivity index (χ2v) is 7.11. The van der Waals surface area contributed by atoms with Crippen LogP contribution < -0.4 is 5.32 Å². The number of amides is 1. The molecule has 3 atom stereocenters. The number of carbonyl (C=O) groups is 1. The summed E-state index contributed by atoms with van der Waals surface area (Å²) in [5, 5.41) is 3.37. The van der Waals surface area contributed by atoms with Gasteiger partial charge in [0.15, 0.2) is 0 Å². The van der Waals surface area contributed by atoms with Crippen LogP contribution in [0.2, 0.25) is 0 Å². The molecule has 2 saturated carbocycles. The van der Waals surface area contributed by atoms with E-state index in [9.17, 15) is 4.79 Å². The van der Waals surface area contributed by atoms with Gasteiger partial charge in [-0.3, -0.25) is 4.79 Å². The zero-order valence-electron chi connectivity index (χ0n) is 12.2. The molecule has 1 saturated heterocycles. The zero-order chi connectivity index (χ0) is 13.2. The molecule has 3 aliphatic rings. The summed E-state index contributed by atoms with van der Waals surface area (Å²) in [6.07, 6.45) is 8.83. The smallest absolute Gasteiger partial charge is 0.222 e. The van der Waals surface area contributed by atoms with Crippen molar-refractivity contribution in [2.75, 3.05) is 26.7 Å². The van der Waals surface area contributed by atoms with Crippen molar-refractivity contribution in [2.45, 2.75) is 44.9 Å². The number of rotatable bonds is 4. The quantitative estimate of drug-likeness (QED) is 0.845. The Balaban J connectivity index is 1.44. The van der Waals surface area contributed by atoms with Gasteiger partial charge in [0.2, 0.25) is 5.91 Å². The molecule has 3 rings (SSSR count). The van der Waals surface area contributed by atoms with E-state index in [2.05, 4.69) is 5.32 Å². The molecule has 0 aromatic heterocycles. The number of fused-ring (bicyclic) bond motifs is 2. The van der Waals surface area contributed by atoms with Gasteiger partial charge in [-0.1, -0.05) is 6.42 Å². The highest BCUT2D eigenvalue weighted by Crippen LogP contribution is 2.48. The van der Waals surface area contributed by atoms with Crippen molar-refractivity contribution in [2.24, 2.45) is 23.7 Å². The van der Waals surface area contributed by atoms with Crippen LogP contribution >= 0.6 is 0 Å². The highest BCUT2D eigenvalue weighted by Gasteiger charge is 2.40.